The number of hydrogen-bond acceptors (Lipinski definition) is 4. The molecule has 1 rings (SSSR count). The Labute approximate surface area is 118 Å². The predicted octanol–water partition coefficient (Wildman–Crippen LogP) is 3.29. The van der Waals surface area contributed by atoms with Crippen LogP contribution in [-0.2, 0) is 4.79 Å². The molecule has 2 unspecified atom stereocenters. The van der Waals surface area contributed by atoms with Gasteiger partial charge in [-0.1, -0.05) is 19.4 Å². The molecule has 0 aromatic heterocycles. The largest absolute Gasteiger partial charge is 0.481 e. The number of rotatable bonds is 8. The summed E-state index contributed by atoms with van der Waals surface area (Å²) in [4.78, 5) is 20.9. The van der Waals surface area contributed by atoms with Crippen LogP contribution in [0.25, 0.3) is 0 Å². The molecule has 0 radical (unpaired) electrons. The predicted molar refractivity (Wildman–Crippen MR) is 76.8 cm³/mol. The van der Waals surface area contributed by atoms with E-state index < -0.39 is 10.9 Å². The minimum Gasteiger partial charge on any atom is -0.481 e. The molecule has 0 aliphatic rings. The Morgan fingerprint density at radius 2 is 2.10 bits per heavy atom. The minimum atomic E-state index is -0.774. The highest BCUT2D eigenvalue weighted by Gasteiger charge is 2.12. The lowest BCUT2D eigenvalue weighted by atomic mass is 10.0. The molecule has 0 aliphatic carbocycles. The van der Waals surface area contributed by atoms with Crippen molar-refractivity contribution in [2.24, 2.45) is 5.92 Å². The molecule has 0 saturated heterocycles. The maximum Gasteiger partial charge on any atom is 0.306 e. The Kier molecular flexibility index (Phi) is 5.96. The number of nitro benzene ring substituents is 1. The van der Waals surface area contributed by atoms with Crippen LogP contribution in [0.1, 0.15) is 33.1 Å². The van der Waals surface area contributed by atoms with Gasteiger partial charge in [0.05, 0.1) is 10.8 Å². The summed E-state index contributed by atoms with van der Waals surface area (Å²) in [5, 5.41) is 22.6. The quantitative estimate of drug-likeness (QED) is 0.563. The number of nitrogens with one attached hydrogen (secondary N) is 1. The van der Waals surface area contributed by atoms with Gasteiger partial charge in [0.25, 0.3) is 5.69 Å². The zero-order valence-corrected chi connectivity index (χ0v) is 11.7. The van der Waals surface area contributed by atoms with E-state index in [1.165, 1.54) is 12.1 Å². The molecule has 2 atom stereocenters. The monoisotopic (exact) mass is 280 g/mol. The summed E-state index contributed by atoms with van der Waals surface area (Å²) in [6.07, 6.45) is 2.26. The van der Waals surface area contributed by atoms with E-state index in [1.807, 2.05) is 6.92 Å². The van der Waals surface area contributed by atoms with Gasteiger partial charge in [-0.2, -0.15) is 0 Å². The van der Waals surface area contributed by atoms with E-state index in [0.29, 0.717) is 12.1 Å². The molecular formula is C14H20N2O4. The Hall–Kier alpha value is -2.11. The fourth-order valence-electron chi connectivity index (χ4n) is 1.92. The molecule has 0 bridgehead atoms. The van der Waals surface area contributed by atoms with Gasteiger partial charge in [-0.3, -0.25) is 14.9 Å². The number of hydrogen-bond donors (Lipinski definition) is 2. The van der Waals surface area contributed by atoms with Crippen LogP contribution in [0, 0.1) is 16.0 Å². The van der Waals surface area contributed by atoms with Gasteiger partial charge in [0, 0.05) is 23.9 Å². The van der Waals surface area contributed by atoms with Crippen molar-refractivity contribution in [2.45, 2.75) is 39.2 Å². The number of carbonyl (C=O) groups is 1. The number of carboxylic acid groups (broad SMARTS) is 1. The standard InChI is InChI=1S/C14H20N2O4/c1-10(14(17)18)5-3-6-11(2)15-12-7-4-8-13(9-12)16(19)20/h4,7-11,15H,3,5-6H2,1-2H3,(H,17,18). The summed E-state index contributed by atoms with van der Waals surface area (Å²) in [5.74, 6) is -1.11. The van der Waals surface area contributed by atoms with Gasteiger partial charge in [-0.15, -0.1) is 0 Å². The summed E-state index contributed by atoms with van der Waals surface area (Å²) in [7, 11) is 0. The first-order valence-corrected chi connectivity index (χ1v) is 6.64. The third-order valence-electron chi connectivity index (χ3n) is 3.17. The first-order valence-electron chi connectivity index (χ1n) is 6.64. The zero-order valence-electron chi connectivity index (χ0n) is 11.7. The molecule has 2 N–H and O–H groups in total. The Morgan fingerprint density at radius 3 is 2.70 bits per heavy atom. The fraction of sp³-hybridized carbons (Fsp3) is 0.500. The topological polar surface area (TPSA) is 92.5 Å². The van der Waals surface area contributed by atoms with Crippen LogP contribution < -0.4 is 5.32 Å². The van der Waals surface area contributed by atoms with Crippen molar-refractivity contribution in [3.8, 4) is 0 Å². The first-order chi connectivity index (χ1) is 9.40. The number of nitro groups is 1. The van der Waals surface area contributed by atoms with Crippen LogP contribution in [0.4, 0.5) is 11.4 Å². The number of non-ortho nitro benzene ring substituents is 1. The SMILES string of the molecule is CC(CCCC(C)C(=O)O)Nc1cccc([N+](=O)[O-])c1. The van der Waals surface area contributed by atoms with Crippen molar-refractivity contribution >= 4 is 17.3 Å². The number of carboxylic acids is 1. The second-order valence-electron chi connectivity index (χ2n) is 5.02. The average Bonchev–Trinajstić information content (AvgIpc) is 2.38. The van der Waals surface area contributed by atoms with Gasteiger partial charge in [-0.25, -0.2) is 0 Å². The van der Waals surface area contributed by atoms with Gasteiger partial charge >= 0.3 is 5.97 Å². The molecule has 0 amide bonds. The lowest BCUT2D eigenvalue weighted by Gasteiger charge is -2.15. The average molecular weight is 280 g/mol. The molecular weight excluding hydrogens is 260 g/mol. The fourth-order valence-corrected chi connectivity index (χ4v) is 1.92. The molecule has 0 aliphatic heterocycles. The van der Waals surface area contributed by atoms with E-state index in [4.69, 9.17) is 5.11 Å². The summed E-state index contributed by atoms with van der Waals surface area (Å²) >= 11 is 0. The van der Waals surface area contributed by atoms with Crippen molar-refractivity contribution in [3.05, 3.63) is 34.4 Å². The molecule has 20 heavy (non-hydrogen) atoms. The van der Waals surface area contributed by atoms with E-state index in [1.54, 1.807) is 19.1 Å². The van der Waals surface area contributed by atoms with E-state index >= 15 is 0 Å². The minimum absolute atomic E-state index is 0.0571. The molecule has 110 valence electrons. The highest BCUT2D eigenvalue weighted by Crippen LogP contribution is 2.19. The highest BCUT2D eigenvalue weighted by atomic mass is 16.6. The third kappa shape index (κ3) is 5.26. The maximum atomic E-state index is 10.7. The molecule has 6 nitrogen and oxygen atoms in total. The van der Waals surface area contributed by atoms with Gasteiger partial charge < -0.3 is 10.4 Å². The third-order valence-corrected chi connectivity index (χ3v) is 3.17. The molecule has 0 heterocycles. The van der Waals surface area contributed by atoms with Gasteiger partial charge in [0.2, 0.25) is 0 Å². The lowest BCUT2D eigenvalue weighted by Crippen LogP contribution is -2.16. The molecule has 1 aromatic carbocycles. The van der Waals surface area contributed by atoms with E-state index in [0.717, 1.165) is 12.8 Å². The van der Waals surface area contributed by atoms with Crippen molar-refractivity contribution in [1.29, 1.82) is 0 Å². The van der Waals surface area contributed by atoms with Crippen molar-refractivity contribution < 1.29 is 14.8 Å². The van der Waals surface area contributed by atoms with Crippen molar-refractivity contribution in [1.82, 2.24) is 0 Å². The smallest absolute Gasteiger partial charge is 0.306 e. The summed E-state index contributed by atoms with van der Waals surface area (Å²) in [5.41, 5.74) is 0.764. The molecule has 0 spiro atoms. The normalized spacial score (nSPS) is 13.5. The van der Waals surface area contributed by atoms with Gasteiger partial charge in [0.1, 0.15) is 0 Å². The number of aliphatic carboxylic acids is 1. The van der Waals surface area contributed by atoms with Crippen molar-refractivity contribution in [2.75, 3.05) is 5.32 Å². The van der Waals surface area contributed by atoms with Gasteiger partial charge in [0.15, 0.2) is 0 Å². The number of anilines is 1. The summed E-state index contributed by atoms with van der Waals surface area (Å²) in [6, 6.07) is 6.50. The van der Waals surface area contributed by atoms with E-state index in [-0.39, 0.29) is 17.6 Å². The van der Waals surface area contributed by atoms with Crippen LogP contribution in [0.15, 0.2) is 24.3 Å². The Morgan fingerprint density at radius 1 is 1.40 bits per heavy atom. The first kappa shape index (κ1) is 15.9. The van der Waals surface area contributed by atoms with Crippen LogP contribution in [-0.4, -0.2) is 22.0 Å². The molecule has 0 fully saturated rings. The van der Waals surface area contributed by atoms with E-state index in [2.05, 4.69) is 5.32 Å². The van der Waals surface area contributed by atoms with Crippen LogP contribution >= 0.6 is 0 Å². The van der Waals surface area contributed by atoms with Gasteiger partial charge in [-0.05, 0) is 25.8 Å². The maximum absolute atomic E-state index is 10.7. The summed E-state index contributed by atoms with van der Waals surface area (Å²) in [6.45, 7) is 3.67. The Bertz CT molecular complexity index is 476. The van der Waals surface area contributed by atoms with Crippen LogP contribution in [0.5, 0.6) is 0 Å². The highest BCUT2D eigenvalue weighted by molar-refractivity contribution is 5.69. The molecule has 0 saturated carbocycles. The summed E-state index contributed by atoms with van der Waals surface area (Å²) < 4.78 is 0. The van der Waals surface area contributed by atoms with Crippen LogP contribution in [0.2, 0.25) is 0 Å². The molecule has 1 aromatic rings. The Balaban J connectivity index is 2.42. The van der Waals surface area contributed by atoms with Crippen molar-refractivity contribution in [3.63, 3.8) is 0 Å². The van der Waals surface area contributed by atoms with E-state index in [9.17, 15) is 14.9 Å². The zero-order chi connectivity index (χ0) is 15.1. The van der Waals surface area contributed by atoms with Crippen LogP contribution in [0.3, 0.4) is 0 Å². The number of benzene rings is 1. The second kappa shape index (κ2) is 7.47. The number of nitrogens with zero attached hydrogens (tertiary/aromatic N) is 1. The molecule has 6 heteroatoms. The second-order valence-corrected chi connectivity index (χ2v) is 5.02. The lowest BCUT2D eigenvalue weighted by molar-refractivity contribution is -0.384.